The summed E-state index contributed by atoms with van der Waals surface area (Å²) in [6, 6.07) is -0.710. The maximum absolute atomic E-state index is 13.1. The van der Waals surface area contributed by atoms with Crippen LogP contribution in [0.25, 0.3) is 0 Å². The number of ether oxygens (including phenoxy) is 1. The molecule has 3 atom stereocenters. The number of aliphatic hydroxyl groups excluding tert-OH is 2. The molecule has 0 radical (unpaired) electrons. The van der Waals surface area contributed by atoms with Gasteiger partial charge in [-0.2, -0.15) is 0 Å². The van der Waals surface area contributed by atoms with E-state index in [-0.39, 0.29) is 24.9 Å². The Balaban J connectivity index is 4.62. The predicted molar refractivity (Wildman–Crippen MR) is 245 cm³/mol. The third-order valence-electron chi connectivity index (χ3n) is 11.0. The Kier molecular flexibility index (Phi) is 43.2. The van der Waals surface area contributed by atoms with Crippen LogP contribution in [0.15, 0.2) is 48.6 Å². The number of rotatable bonds is 43. The Morgan fingerprint density at radius 1 is 0.526 bits per heavy atom. The normalized spacial score (nSPS) is 13.7. The van der Waals surface area contributed by atoms with Crippen molar-refractivity contribution in [3.8, 4) is 0 Å². The lowest BCUT2D eigenvalue weighted by atomic mass is 10.0. The first kappa shape index (κ1) is 54.8. The molecule has 0 fully saturated rings. The number of hydrogen-bond acceptors (Lipinski definition) is 5. The molecule has 0 aromatic heterocycles. The number of carbonyl (C=O) groups excluding carboxylic acids is 2. The lowest BCUT2D eigenvalue weighted by Crippen LogP contribution is -2.46. The number of aliphatic hydroxyl groups is 2. The van der Waals surface area contributed by atoms with Crippen molar-refractivity contribution in [2.45, 2.75) is 257 Å². The van der Waals surface area contributed by atoms with Gasteiger partial charge in [-0.3, -0.25) is 9.59 Å². The van der Waals surface area contributed by atoms with Gasteiger partial charge < -0.3 is 20.3 Å². The van der Waals surface area contributed by atoms with E-state index in [1.165, 1.54) is 122 Å². The van der Waals surface area contributed by atoms with Crippen LogP contribution in [0.5, 0.6) is 0 Å². The zero-order valence-electron chi connectivity index (χ0n) is 37.7. The number of esters is 1. The van der Waals surface area contributed by atoms with Gasteiger partial charge in [-0.1, -0.05) is 211 Å². The SMILES string of the molecule is CC/C=C/C=C/C=C/CCCCCCCCCC(=O)OC(CCC/C=C\CCCCCCCCC)CC(=O)NC(CO)C(O)CCCCCCCCCCCCC. The number of amides is 1. The molecule has 0 bridgehead atoms. The standard InChI is InChI=1S/C51H93NO5/c1-4-7-10-13-16-19-22-24-25-26-29-32-35-38-41-44-51(56)57-47(42-39-36-33-30-28-23-20-17-14-11-8-5-2)45-50(55)52-48(46-53)49(54)43-40-37-34-31-27-21-18-15-12-9-6-3/h7,10,13,16,19,22,30,33,47-49,53-54H,4-6,8-9,11-12,14-15,17-18,20-21,23-29,31-32,34-46H2,1-3H3,(H,52,55)/b10-7+,16-13+,22-19+,33-30-. The van der Waals surface area contributed by atoms with E-state index in [0.717, 1.165) is 70.6 Å². The van der Waals surface area contributed by atoms with E-state index in [2.05, 4.69) is 74.7 Å². The van der Waals surface area contributed by atoms with Crippen molar-refractivity contribution in [3.05, 3.63) is 48.6 Å². The lowest BCUT2D eigenvalue weighted by molar-refractivity contribution is -0.151. The van der Waals surface area contributed by atoms with Crippen molar-refractivity contribution >= 4 is 11.9 Å². The molecule has 6 nitrogen and oxygen atoms in total. The van der Waals surface area contributed by atoms with E-state index < -0.39 is 18.2 Å². The Bertz CT molecular complexity index is 988. The minimum atomic E-state index is -0.794. The minimum absolute atomic E-state index is 0.0521. The Morgan fingerprint density at radius 3 is 1.51 bits per heavy atom. The second kappa shape index (κ2) is 44.9. The van der Waals surface area contributed by atoms with Crippen molar-refractivity contribution in [3.63, 3.8) is 0 Å². The van der Waals surface area contributed by atoms with Gasteiger partial charge in [-0.25, -0.2) is 0 Å². The van der Waals surface area contributed by atoms with Gasteiger partial charge in [-0.15, -0.1) is 0 Å². The Hall–Kier alpha value is -2.18. The fraction of sp³-hybridized carbons (Fsp3) is 0.804. The summed E-state index contributed by atoms with van der Waals surface area (Å²) in [5.41, 5.74) is 0. The maximum atomic E-state index is 13.1. The molecule has 0 aliphatic rings. The molecule has 0 aliphatic heterocycles. The van der Waals surface area contributed by atoms with Gasteiger partial charge in [0.05, 0.1) is 25.2 Å². The van der Waals surface area contributed by atoms with Crippen LogP contribution < -0.4 is 5.32 Å². The van der Waals surface area contributed by atoms with Crippen molar-refractivity contribution in [2.75, 3.05) is 6.61 Å². The van der Waals surface area contributed by atoms with Gasteiger partial charge in [0.15, 0.2) is 0 Å². The zero-order chi connectivity index (χ0) is 41.7. The first-order chi connectivity index (χ1) is 28.0. The van der Waals surface area contributed by atoms with E-state index in [9.17, 15) is 19.8 Å². The highest BCUT2D eigenvalue weighted by Gasteiger charge is 2.24. The van der Waals surface area contributed by atoms with E-state index >= 15 is 0 Å². The summed E-state index contributed by atoms with van der Waals surface area (Å²) < 4.78 is 5.90. The molecule has 0 aromatic rings. The molecular formula is C51H93NO5. The highest BCUT2D eigenvalue weighted by molar-refractivity contribution is 5.77. The minimum Gasteiger partial charge on any atom is -0.462 e. The first-order valence-electron chi connectivity index (χ1n) is 24.4. The third-order valence-corrected chi connectivity index (χ3v) is 11.0. The van der Waals surface area contributed by atoms with Crippen LogP contribution in [0, 0.1) is 0 Å². The number of unbranched alkanes of at least 4 members (excludes halogenated alkanes) is 25. The molecular weight excluding hydrogens is 707 g/mol. The fourth-order valence-electron chi connectivity index (χ4n) is 7.25. The van der Waals surface area contributed by atoms with E-state index in [1.54, 1.807) is 0 Å². The average molecular weight is 800 g/mol. The molecule has 3 N–H and O–H groups in total. The van der Waals surface area contributed by atoms with E-state index in [4.69, 9.17) is 4.74 Å². The number of carbonyl (C=O) groups is 2. The molecule has 0 aromatic carbocycles. The second-order valence-corrected chi connectivity index (χ2v) is 16.5. The van der Waals surface area contributed by atoms with Gasteiger partial charge >= 0.3 is 5.97 Å². The van der Waals surface area contributed by atoms with Gasteiger partial charge in [0, 0.05) is 6.42 Å². The second-order valence-electron chi connectivity index (χ2n) is 16.5. The lowest BCUT2D eigenvalue weighted by Gasteiger charge is -2.24. The highest BCUT2D eigenvalue weighted by Crippen LogP contribution is 2.17. The maximum Gasteiger partial charge on any atom is 0.306 e. The molecule has 6 heteroatoms. The van der Waals surface area contributed by atoms with Crippen LogP contribution in [-0.2, 0) is 14.3 Å². The molecule has 1 amide bonds. The van der Waals surface area contributed by atoms with Crippen LogP contribution in [0.4, 0.5) is 0 Å². The van der Waals surface area contributed by atoms with Gasteiger partial charge in [-0.05, 0) is 64.2 Å². The van der Waals surface area contributed by atoms with Crippen LogP contribution in [0.1, 0.15) is 239 Å². The number of allylic oxidation sites excluding steroid dienone is 8. The predicted octanol–water partition coefficient (Wildman–Crippen LogP) is 14.3. The molecule has 0 heterocycles. The zero-order valence-corrected chi connectivity index (χ0v) is 37.7. The average Bonchev–Trinajstić information content (AvgIpc) is 3.20. The summed E-state index contributed by atoms with van der Waals surface area (Å²) in [6.07, 6.45) is 53.1. The highest BCUT2D eigenvalue weighted by atomic mass is 16.5. The Morgan fingerprint density at radius 2 is 0.982 bits per heavy atom. The quantitative estimate of drug-likeness (QED) is 0.0247. The topological polar surface area (TPSA) is 95.9 Å². The summed E-state index contributed by atoms with van der Waals surface area (Å²) in [6.45, 7) is 6.33. The summed E-state index contributed by atoms with van der Waals surface area (Å²) in [5.74, 6) is -0.515. The summed E-state index contributed by atoms with van der Waals surface area (Å²) in [4.78, 5) is 26.0. The van der Waals surface area contributed by atoms with Gasteiger partial charge in [0.2, 0.25) is 5.91 Å². The van der Waals surface area contributed by atoms with Gasteiger partial charge in [0.1, 0.15) is 6.10 Å². The van der Waals surface area contributed by atoms with Crippen LogP contribution in [0.2, 0.25) is 0 Å². The van der Waals surface area contributed by atoms with Crippen LogP contribution >= 0.6 is 0 Å². The molecule has 3 unspecified atom stereocenters. The smallest absolute Gasteiger partial charge is 0.306 e. The molecule has 0 saturated carbocycles. The fourth-order valence-corrected chi connectivity index (χ4v) is 7.25. The van der Waals surface area contributed by atoms with Crippen LogP contribution in [-0.4, -0.2) is 46.9 Å². The summed E-state index contributed by atoms with van der Waals surface area (Å²) >= 11 is 0. The van der Waals surface area contributed by atoms with E-state index in [1.807, 2.05) is 0 Å². The number of nitrogens with one attached hydrogen (secondary N) is 1. The van der Waals surface area contributed by atoms with Crippen molar-refractivity contribution in [1.82, 2.24) is 5.32 Å². The van der Waals surface area contributed by atoms with Crippen molar-refractivity contribution < 1.29 is 24.5 Å². The monoisotopic (exact) mass is 800 g/mol. The summed E-state index contributed by atoms with van der Waals surface area (Å²) in [5, 5.41) is 23.7. The molecule has 0 spiro atoms. The molecule has 332 valence electrons. The Labute approximate surface area is 353 Å². The summed E-state index contributed by atoms with van der Waals surface area (Å²) in [7, 11) is 0. The first-order valence-corrected chi connectivity index (χ1v) is 24.4. The van der Waals surface area contributed by atoms with Crippen LogP contribution in [0.3, 0.4) is 0 Å². The molecule has 0 aliphatic carbocycles. The molecule has 0 saturated heterocycles. The van der Waals surface area contributed by atoms with Gasteiger partial charge in [0.25, 0.3) is 0 Å². The largest absolute Gasteiger partial charge is 0.462 e. The van der Waals surface area contributed by atoms with Crippen molar-refractivity contribution in [2.24, 2.45) is 0 Å². The third kappa shape index (κ3) is 40.4. The number of hydrogen-bond donors (Lipinski definition) is 3. The van der Waals surface area contributed by atoms with Crippen molar-refractivity contribution in [1.29, 1.82) is 0 Å². The molecule has 0 rings (SSSR count). The van der Waals surface area contributed by atoms with E-state index in [0.29, 0.717) is 19.3 Å². The molecule has 57 heavy (non-hydrogen) atoms.